The molecule has 1 heterocycles. The van der Waals surface area contributed by atoms with E-state index in [2.05, 4.69) is 23.6 Å². The standard InChI is InChI=1S/C13H18N2O.ClH/c1-2-7-14-8-6-10-4-3-5-12-11(10)9-13(16)15-12;/h3-5,14H,2,6-9H2,1H3,(H,15,16);1H. The van der Waals surface area contributed by atoms with Gasteiger partial charge in [0, 0.05) is 5.69 Å². The lowest BCUT2D eigenvalue weighted by Gasteiger charge is -2.07. The minimum Gasteiger partial charge on any atom is -0.326 e. The van der Waals surface area contributed by atoms with Crippen molar-refractivity contribution in [1.82, 2.24) is 5.32 Å². The molecule has 2 rings (SSSR count). The van der Waals surface area contributed by atoms with Crippen molar-refractivity contribution in [2.24, 2.45) is 0 Å². The first kappa shape index (κ1) is 14.0. The van der Waals surface area contributed by atoms with Crippen LogP contribution in [0.25, 0.3) is 0 Å². The lowest BCUT2D eigenvalue weighted by Crippen LogP contribution is -2.18. The molecule has 4 heteroatoms. The summed E-state index contributed by atoms with van der Waals surface area (Å²) in [5, 5.41) is 6.26. The molecule has 0 radical (unpaired) electrons. The first-order valence-corrected chi connectivity index (χ1v) is 5.92. The van der Waals surface area contributed by atoms with Gasteiger partial charge in [-0.05, 0) is 43.1 Å². The molecule has 3 nitrogen and oxygen atoms in total. The Hall–Kier alpha value is -1.06. The second kappa shape index (κ2) is 6.62. The maximum Gasteiger partial charge on any atom is 0.228 e. The van der Waals surface area contributed by atoms with Crippen molar-refractivity contribution in [3.8, 4) is 0 Å². The molecule has 1 aromatic carbocycles. The zero-order valence-electron chi connectivity index (χ0n) is 10.1. The van der Waals surface area contributed by atoms with Gasteiger partial charge in [-0.2, -0.15) is 0 Å². The third-order valence-corrected chi connectivity index (χ3v) is 2.88. The molecule has 0 atom stereocenters. The summed E-state index contributed by atoms with van der Waals surface area (Å²) in [6.07, 6.45) is 2.70. The number of carbonyl (C=O) groups is 1. The highest BCUT2D eigenvalue weighted by molar-refractivity contribution is 5.99. The Morgan fingerprint density at radius 3 is 2.94 bits per heavy atom. The Bertz CT molecular complexity index is 393. The van der Waals surface area contributed by atoms with Gasteiger partial charge in [-0.1, -0.05) is 19.1 Å². The van der Waals surface area contributed by atoms with Gasteiger partial charge in [0.1, 0.15) is 0 Å². The normalized spacial score (nSPS) is 12.9. The molecule has 94 valence electrons. The smallest absolute Gasteiger partial charge is 0.228 e. The maximum atomic E-state index is 11.3. The fraction of sp³-hybridized carbons (Fsp3) is 0.462. The number of fused-ring (bicyclic) bond motifs is 1. The van der Waals surface area contributed by atoms with Crippen molar-refractivity contribution in [3.05, 3.63) is 29.3 Å². The molecule has 0 spiro atoms. The number of hydrogen-bond donors (Lipinski definition) is 2. The molecule has 17 heavy (non-hydrogen) atoms. The fourth-order valence-electron chi connectivity index (χ4n) is 2.07. The molecule has 1 aromatic rings. The van der Waals surface area contributed by atoms with E-state index in [1.165, 1.54) is 11.1 Å². The quantitative estimate of drug-likeness (QED) is 0.791. The Kier molecular flexibility index (Phi) is 5.45. The summed E-state index contributed by atoms with van der Waals surface area (Å²) < 4.78 is 0. The monoisotopic (exact) mass is 254 g/mol. The van der Waals surface area contributed by atoms with Crippen LogP contribution in [0, 0.1) is 0 Å². The van der Waals surface area contributed by atoms with Gasteiger partial charge < -0.3 is 10.6 Å². The highest BCUT2D eigenvalue weighted by Gasteiger charge is 2.19. The van der Waals surface area contributed by atoms with Crippen molar-refractivity contribution >= 4 is 24.0 Å². The number of anilines is 1. The van der Waals surface area contributed by atoms with Crippen LogP contribution in [0.2, 0.25) is 0 Å². The van der Waals surface area contributed by atoms with Crippen LogP contribution in [0.3, 0.4) is 0 Å². The summed E-state index contributed by atoms with van der Waals surface area (Å²) in [6, 6.07) is 6.11. The molecular weight excluding hydrogens is 236 g/mol. The molecule has 0 bridgehead atoms. The van der Waals surface area contributed by atoms with Gasteiger partial charge in [0.05, 0.1) is 6.42 Å². The molecule has 1 amide bonds. The van der Waals surface area contributed by atoms with E-state index >= 15 is 0 Å². The second-order valence-corrected chi connectivity index (χ2v) is 4.17. The van der Waals surface area contributed by atoms with E-state index in [-0.39, 0.29) is 18.3 Å². The van der Waals surface area contributed by atoms with Gasteiger partial charge in [-0.25, -0.2) is 0 Å². The van der Waals surface area contributed by atoms with E-state index in [0.29, 0.717) is 6.42 Å². The van der Waals surface area contributed by atoms with Crippen LogP contribution in [0.5, 0.6) is 0 Å². The van der Waals surface area contributed by atoms with Crippen molar-refractivity contribution in [2.75, 3.05) is 18.4 Å². The van der Waals surface area contributed by atoms with Crippen molar-refractivity contribution in [1.29, 1.82) is 0 Å². The molecule has 1 aliphatic rings. The summed E-state index contributed by atoms with van der Waals surface area (Å²) in [6.45, 7) is 4.21. The minimum absolute atomic E-state index is 0. The largest absolute Gasteiger partial charge is 0.326 e. The zero-order valence-corrected chi connectivity index (χ0v) is 10.9. The summed E-state index contributed by atoms with van der Waals surface area (Å²) in [5.74, 6) is 0.115. The molecule has 1 aliphatic heterocycles. The highest BCUT2D eigenvalue weighted by atomic mass is 35.5. The fourth-order valence-corrected chi connectivity index (χ4v) is 2.07. The molecule has 2 N–H and O–H groups in total. The van der Waals surface area contributed by atoms with Gasteiger partial charge in [0.25, 0.3) is 0 Å². The number of nitrogens with one attached hydrogen (secondary N) is 2. The summed E-state index contributed by atoms with van der Waals surface area (Å²) >= 11 is 0. The van der Waals surface area contributed by atoms with Gasteiger partial charge in [-0.3, -0.25) is 4.79 Å². The van der Waals surface area contributed by atoms with Crippen LogP contribution in [0.1, 0.15) is 24.5 Å². The molecule has 0 saturated carbocycles. The van der Waals surface area contributed by atoms with Crippen molar-refractivity contribution in [2.45, 2.75) is 26.2 Å². The Labute approximate surface area is 108 Å². The van der Waals surface area contributed by atoms with Crippen molar-refractivity contribution < 1.29 is 4.79 Å². The van der Waals surface area contributed by atoms with E-state index in [1.54, 1.807) is 0 Å². The van der Waals surface area contributed by atoms with E-state index in [0.717, 1.165) is 31.6 Å². The van der Waals surface area contributed by atoms with Crippen LogP contribution in [-0.4, -0.2) is 19.0 Å². The van der Waals surface area contributed by atoms with Gasteiger partial charge in [0.15, 0.2) is 0 Å². The predicted octanol–water partition coefficient (Wildman–Crippen LogP) is 2.15. The van der Waals surface area contributed by atoms with E-state index in [4.69, 9.17) is 0 Å². The highest BCUT2D eigenvalue weighted by Crippen LogP contribution is 2.26. The topological polar surface area (TPSA) is 41.1 Å². The van der Waals surface area contributed by atoms with Crippen LogP contribution in [0.4, 0.5) is 5.69 Å². The first-order valence-electron chi connectivity index (χ1n) is 5.92. The van der Waals surface area contributed by atoms with Crippen LogP contribution in [0.15, 0.2) is 18.2 Å². The Morgan fingerprint density at radius 1 is 1.35 bits per heavy atom. The van der Waals surface area contributed by atoms with Gasteiger partial charge in [-0.15, -0.1) is 12.4 Å². The number of carbonyl (C=O) groups excluding carboxylic acids is 1. The van der Waals surface area contributed by atoms with Gasteiger partial charge in [0.2, 0.25) is 5.91 Å². The molecule has 0 aliphatic carbocycles. The van der Waals surface area contributed by atoms with E-state index < -0.39 is 0 Å². The average Bonchev–Trinajstić information content (AvgIpc) is 2.65. The second-order valence-electron chi connectivity index (χ2n) is 4.17. The number of amides is 1. The Balaban J connectivity index is 0.00000144. The molecular formula is C13H19ClN2O. The molecule has 0 unspecified atom stereocenters. The Morgan fingerprint density at radius 2 is 2.18 bits per heavy atom. The van der Waals surface area contributed by atoms with E-state index in [9.17, 15) is 4.79 Å². The third kappa shape index (κ3) is 3.45. The van der Waals surface area contributed by atoms with E-state index in [1.807, 2.05) is 12.1 Å². The molecule has 0 fully saturated rings. The molecule has 0 saturated heterocycles. The maximum absolute atomic E-state index is 11.3. The summed E-state index contributed by atoms with van der Waals surface area (Å²) in [4.78, 5) is 11.3. The number of benzene rings is 1. The number of rotatable bonds is 5. The van der Waals surface area contributed by atoms with Crippen LogP contribution in [-0.2, 0) is 17.6 Å². The number of halogens is 1. The molecule has 0 aromatic heterocycles. The average molecular weight is 255 g/mol. The lowest BCUT2D eigenvalue weighted by molar-refractivity contribution is -0.115. The number of hydrogen-bond acceptors (Lipinski definition) is 2. The minimum atomic E-state index is 0. The van der Waals surface area contributed by atoms with Crippen LogP contribution < -0.4 is 10.6 Å². The summed E-state index contributed by atoms with van der Waals surface area (Å²) in [5.41, 5.74) is 3.48. The zero-order chi connectivity index (χ0) is 11.4. The first-order chi connectivity index (χ1) is 7.81. The predicted molar refractivity (Wildman–Crippen MR) is 72.9 cm³/mol. The lowest BCUT2D eigenvalue weighted by atomic mass is 10.0. The third-order valence-electron chi connectivity index (χ3n) is 2.88. The summed E-state index contributed by atoms with van der Waals surface area (Å²) in [7, 11) is 0. The van der Waals surface area contributed by atoms with Crippen LogP contribution >= 0.6 is 12.4 Å². The van der Waals surface area contributed by atoms with Crippen molar-refractivity contribution in [3.63, 3.8) is 0 Å². The van der Waals surface area contributed by atoms with Gasteiger partial charge >= 0.3 is 0 Å². The SMILES string of the molecule is CCCNCCc1cccc2c1CC(=O)N2.Cl.